The van der Waals surface area contributed by atoms with E-state index in [2.05, 4.69) is 30.9 Å². The summed E-state index contributed by atoms with van der Waals surface area (Å²) in [5, 5.41) is 10.6. The normalized spacial score (nSPS) is 18.0. The lowest BCUT2D eigenvalue weighted by Gasteiger charge is -2.43. The third-order valence-electron chi connectivity index (χ3n) is 7.23. The summed E-state index contributed by atoms with van der Waals surface area (Å²) < 4.78 is 2.04. The first kappa shape index (κ1) is 22.2. The van der Waals surface area contributed by atoms with Gasteiger partial charge in [-0.15, -0.1) is 0 Å². The first-order valence-corrected chi connectivity index (χ1v) is 11.7. The molecule has 0 bridgehead atoms. The third kappa shape index (κ3) is 3.96. The predicted octanol–water partition coefficient (Wildman–Crippen LogP) is 2.82. The highest BCUT2D eigenvalue weighted by Gasteiger charge is 2.36. The molecular weight excluding hydrogens is 430 g/mol. The van der Waals surface area contributed by atoms with Crippen molar-refractivity contribution in [2.75, 3.05) is 25.4 Å². The summed E-state index contributed by atoms with van der Waals surface area (Å²) in [5.41, 5.74) is 10.3. The molecular formula is C25H29N7O2. The molecule has 5 rings (SSSR count). The number of nitrogens with zero attached hydrogens (tertiary/aromatic N) is 6. The Bertz CT molecular complexity index is 1240. The van der Waals surface area contributed by atoms with E-state index in [-0.39, 0.29) is 12.0 Å². The first-order valence-electron chi connectivity index (χ1n) is 11.7. The predicted molar refractivity (Wildman–Crippen MR) is 130 cm³/mol. The lowest BCUT2D eigenvalue weighted by Crippen LogP contribution is -2.38. The highest BCUT2D eigenvalue weighted by molar-refractivity contribution is 6.04. The van der Waals surface area contributed by atoms with Gasteiger partial charge in [-0.25, -0.2) is 19.9 Å². The summed E-state index contributed by atoms with van der Waals surface area (Å²) in [4.78, 5) is 30.7. The fraction of sp³-hybridized carbons (Fsp3) is 0.400. The van der Waals surface area contributed by atoms with Crippen LogP contribution in [-0.2, 0) is 11.3 Å². The van der Waals surface area contributed by atoms with Gasteiger partial charge in [-0.05, 0) is 55.2 Å². The molecule has 4 heterocycles. The smallest absolute Gasteiger partial charge is 0.162 e. The number of nitrogens with two attached hydrogens (primary N) is 1. The molecule has 1 spiro atoms. The minimum absolute atomic E-state index is 0.0167. The summed E-state index contributed by atoms with van der Waals surface area (Å²) in [6, 6.07) is 1.79. The zero-order valence-electron chi connectivity index (χ0n) is 19.1. The average Bonchev–Trinajstić information content (AvgIpc) is 3.20. The number of aromatic nitrogens is 5. The van der Waals surface area contributed by atoms with Crippen LogP contribution in [0.2, 0.25) is 0 Å². The fourth-order valence-electron chi connectivity index (χ4n) is 5.41. The third-order valence-corrected chi connectivity index (χ3v) is 7.23. The zero-order valence-corrected chi connectivity index (χ0v) is 19.1. The van der Waals surface area contributed by atoms with E-state index in [1.165, 1.54) is 11.9 Å². The molecule has 3 aromatic heterocycles. The van der Waals surface area contributed by atoms with Crippen molar-refractivity contribution in [3.05, 3.63) is 48.8 Å². The maximum Gasteiger partial charge on any atom is 0.162 e. The van der Waals surface area contributed by atoms with Crippen molar-refractivity contribution in [3.63, 3.8) is 0 Å². The molecule has 1 aliphatic carbocycles. The van der Waals surface area contributed by atoms with Gasteiger partial charge in [0.1, 0.15) is 24.1 Å². The molecule has 1 saturated heterocycles. The van der Waals surface area contributed by atoms with Crippen molar-refractivity contribution in [2.24, 2.45) is 5.41 Å². The standard InChI is InChI=1S/C25H29N7O2/c26-22-20-19(23-27-9-1-10-28-23)21(32(14-16-34)24(20)30-17-29-22)18-3-5-25(6-4-18)7-12-31(13-8-25)11-2-15-33/h1-3,9-11,15,17,34H,4-8,12-14,16H2,(H2,26,29,30). The molecule has 0 radical (unpaired) electrons. The van der Waals surface area contributed by atoms with E-state index >= 15 is 0 Å². The van der Waals surface area contributed by atoms with Crippen LogP contribution in [0.15, 0.2) is 43.1 Å². The molecule has 0 atom stereocenters. The summed E-state index contributed by atoms with van der Waals surface area (Å²) in [6.07, 6.45) is 16.7. The van der Waals surface area contributed by atoms with Crippen LogP contribution in [0.4, 0.5) is 5.82 Å². The number of carbonyl (C=O) groups excluding carboxylic acids is 1. The monoisotopic (exact) mass is 459 g/mol. The molecule has 0 aromatic carbocycles. The van der Waals surface area contributed by atoms with Gasteiger partial charge in [0.15, 0.2) is 5.82 Å². The number of piperidine rings is 1. The lowest BCUT2D eigenvalue weighted by molar-refractivity contribution is -0.104. The Kier molecular flexibility index (Phi) is 6.10. The number of anilines is 1. The van der Waals surface area contributed by atoms with Gasteiger partial charge in [-0.2, -0.15) is 0 Å². The number of likely N-dealkylation sites (tertiary alicyclic amines) is 1. The van der Waals surface area contributed by atoms with Crippen LogP contribution >= 0.6 is 0 Å². The number of nitrogen functional groups attached to an aromatic ring is 1. The van der Waals surface area contributed by atoms with Crippen molar-refractivity contribution < 1.29 is 9.90 Å². The highest BCUT2D eigenvalue weighted by atomic mass is 16.3. The largest absolute Gasteiger partial charge is 0.395 e. The molecule has 176 valence electrons. The number of aliphatic hydroxyl groups excluding tert-OH is 1. The van der Waals surface area contributed by atoms with Crippen LogP contribution in [0.25, 0.3) is 28.0 Å². The Balaban J connectivity index is 1.55. The summed E-state index contributed by atoms with van der Waals surface area (Å²) in [6.45, 7) is 2.31. The Morgan fingerprint density at radius 2 is 1.91 bits per heavy atom. The second-order valence-electron chi connectivity index (χ2n) is 9.08. The van der Waals surface area contributed by atoms with E-state index in [0.29, 0.717) is 23.8 Å². The minimum Gasteiger partial charge on any atom is -0.395 e. The number of hydrogen-bond donors (Lipinski definition) is 2. The highest BCUT2D eigenvalue weighted by Crippen LogP contribution is 2.48. The Morgan fingerprint density at radius 1 is 1.12 bits per heavy atom. The molecule has 2 aliphatic rings. The number of fused-ring (bicyclic) bond motifs is 1. The van der Waals surface area contributed by atoms with Crippen LogP contribution in [0.5, 0.6) is 0 Å². The van der Waals surface area contributed by atoms with Gasteiger partial charge in [-0.3, -0.25) is 4.79 Å². The van der Waals surface area contributed by atoms with Gasteiger partial charge in [0.25, 0.3) is 0 Å². The number of aldehydes is 1. The van der Waals surface area contributed by atoms with Gasteiger partial charge in [0, 0.05) is 38.2 Å². The van der Waals surface area contributed by atoms with E-state index < -0.39 is 0 Å². The average molecular weight is 460 g/mol. The Labute approximate surface area is 198 Å². The molecule has 1 fully saturated rings. The van der Waals surface area contributed by atoms with E-state index in [1.54, 1.807) is 24.5 Å². The van der Waals surface area contributed by atoms with Crippen LogP contribution < -0.4 is 5.73 Å². The van der Waals surface area contributed by atoms with Crippen LogP contribution in [0.1, 0.15) is 37.8 Å². The van der Waals surface area contributed by atoms with Crippen molar-refractivity contribution in [1.82, 2.24) is 29.4 Å². The first-order chi connectivity index (χ1) is 16.7. The maximum absolute atomic E-state index is 10.6. The summed E-state index contributed by atoms with van der Waals surface area (Å²) in [7, 11) is 0. The Hall–Kier alpha value is -3.59. The summed E-state index contributed by atoms with van der Waals surface area (Å²) in [5.74, 6) is 0.964. The quantitative estimate of drug-likeness (QED) is 0.426. The van der Waals surface area contributed by atoms with Gasteiger partial charge < -0.3 is 20.3 Å². The SMILES string of the molecule is Nc1ncnc2c1c(-c1ncccn1)c(C1=CCC3(CC1)CCN(C=CC=O)CC3)n2CCO. The maximum atomic E-state index is 10.6. The second kappa shape index (κ2) is 9.34. The number of hydrogen-bond acceptors (Lipinski definition) is 8. The van der Waals surface area contributed by atoms with E-state index in [9.17, 15) is 9.90 Å². The van der Waals surface area contributed by atoms with Crippen LogP contribution in [-0.4, -0.2) is 60.5 Å². The molecule has 34 heavy (non-hydrogen) atoms. The van der Waals surface area contributed by atoms with Crippen LogP contribution in [0.3, 0.4) is 0 Å². The minimum atomic E-state index is -0.0167. The van der Waals surface area contributed by atoms with E-state index in [1.807, 2.05) is 10.8 Å². The van der Waals surface area contributed by atoms with E-state index in [0.717, 1.165) is 68.1 Å². The zero-order chi connectivity index (χ0) is 23.5. The molecule has 9 nitrogen and oxygen atoms in total. The van der Waals surface area contributed by atoms with Gasteiger partial charge in [-0.1, -0.05) is 6.08 Å². The van der Waals surface area contributed by atoms with Crippen molar-refractivity contribution >= 4 is 28.7 Å². The van der Waals surface area contributed by atoms with Crippen molar-refractivity contribution in [1.29, 1.82) is 0 Å². The molecule has 0 unspecified atom stereocenters. The topological polar surface area (TPSA) is 123 Å². The number of allylic oxidation sites excluding steroid dienone is 3. The summed E-state index contributed by atoms with van der Waals surface area (Å²) >= 11 is 0. The lowest BCUT2D eigenvalue weighted by atomic mass is 9.68. The number of rotatable bonds is 6. The van der Waals surface area contributed by atoms with Crippen LogP contribution in [0, 0.1) is 5.41 Å². The number of aliphatic hydroxyl groups is 1. The Morgan fingerprint density at radius 3 is 2.59 bits per heavy atom. The molecule has 0 saturated carbocycles. The van der Waals surface area contributed by atoms with E-state index in [4.69, 9.17) is 5.73 Å². The molecule has 1 aliphatic heterocycles. The second-order valence-corrected chi connectivity index (χ2v) is 9.08. The molecule has 3 N–H and O–H groups in total. The van der Waals surface area contributed by atoms with Gasteiger partial charge in [0.05, 0.1) is 23.3 Å². The fourth-order valence-corrected chi connectivity index (χ4v) is 5.41. The van der Waals surface area contributed by atoms with Gasteiger partial charge in [0.2, 0.25) is 0 Å². The van der Waals surface area contributed by atoms with Gasteiger partial charge >= 0.3 is 0 Å². The van der Waals surface area contributed by atoms with Crippen molar-refractivity contribution in [3.8, 4) is 11.4 Å². The molecule has 9 heteroatoms. The van der Waals surface area contributed by atoms with Crippen molar-refractivity contribution in [2.45, 2.75) is 38.6 Å². The number of carbonyl (C=O) groups is 1. The molecule has 0 amide bonds. The molecule has 3 aromatic rings.